The molecular formula is C18H21ClN4O3S. The molecule has 1 aliphatic rings. The van der Waals surface area contributed by atoms with E-state index in [0.29, 0.717) is 18.0 Å². The number of carbonyl (C=O) groups excluding carboxylic acids is 1. The molecule has 0 aliphatic carbocycles. The van der Waals surface area contributed by atoms with Crippen molar-refractivity contribution >= 4 is 33.6 Å². The Hall–Kier alpha value is -2.19. The minimum Gasteiger partial charge on any atom is -0.273 e. The molecule has 1 aromatic carbocycles. The van der Waals surface area contributed by atoms with E-state index in [-0.39, 0.29) is 17.4 Å². The van der Waals surface area contributed by atoms with Crippen molar-refractivity contribution in [1.29, 1.82) is 0 Å². The lowest BCUT2D eigenvalue weighted by Crippen LogP contribution is -2.27. The van der Waals surface area contributed by atoms with Gasteiger partial charge in [0.05, 0.1) is 35.9 Å². The van der Waals surface area contributed by atoms with Crippen molar-refractivity contribution in [2.45, 2.75) is 26.8 Å². The summed E-state index contributed by atoms with van der Waals surface area (Å²) in [5, 5.41) is 9.19. The van der Waals surface area contributed by atoms with Crippen LogP contribution in [0.1, 0.15) is 28.9 Å². The van der Waals surface area contributed by atoms with Crippen LogP contribution in [0.25, 0.3) is 0 Å². The summed E-state index contributed by atoms with van der Waals surface area (Å²) in [5.74, 6) is -0.951. The number of aromatic nitrogens is 2. The fourth-order valence-corrected chi connectivity index (χ4v) is 5.03. The number of sulfone groups is 1. The van der Waals surface area contributed by atoms with Crippen LogP contribution in [-0.4, -0.2) is 41.8 Å². The van der Waals surface area contributed by atoms with E-state index in [1.54, 1.807) is 6.21 Å². The highest BCUT2D eigenvalue weighted by atomic mass is 35.5. The van der Waals surface area contributed by atoms with Gasteiger partial charge < -0.3 is 0 Å². The van der Waals surface area contributed by atoms with Gasteiger partial charge in [0.1, 0.15) is 0 Å². The Bertz CT molecular complexity index is 998. The highest BCUT2D eigenvalue weighted by Crippen LogP contribution is 2.19. The maximum Gasteiger partial charge on any atom is 0.244 e. The van der Waals surface area contributed by atoms with E-state index in [1.807, 2.05) is 42.8 Å². The van der Waals surface area contributed by atoms with Crippen LogP contribution in [0.15, 0.2) is 29.4 Å². The first-order valence-corrected chi connectivity index (χ1v) is 10.8. The molecule has 0 bridgehead atoms. The zero-order valence-corrected chi connectivity index (χ0v) is 16.7. The zero-order valence-electron chi connectivity index (χ0n) is 15.1. The topological polar surface area (TPSA) is 93.4 Å². The fourth-order valence-electron chi connectivity index (χ4n) is 3.09. The lowest BCUT2D eigenvalue weighted by atomic mass is 10.1. The Labute approximate surface area is 163 Å². The van der Waals surface area contributed by atoms with Gasteiger partial charge in [-0.3, -0.25) is 9.48 Å². The third-order valence-corrected chi connectivity index (χ3v) is 6.82. The number of nitrogens with one attached hydrogen (secondary N) is 1. The maximum absolute atomic E-state index is 12.1. The smallest absolute Gasteiger partial charge is 0.244 e. The van der Waals surface area contributed by atoms with Gasteiger partial charge in [0.2, 0.25) is 5.91 Å². The van der Waals surface area contributed by atoms with Crippen molar-refractivity contribution in [2.75, 3.05) is 11.5 Å². The Morgan fingerprint density at radius 2 is 2.15 bits per heavy atom. The predicted molar refractivity (Wildman–Crippen MR) is 105 cm³/mol. The number of hydrogen-bond donors (Lipinski definition) is 1. The van der Waals surface area contributed by atoms with Crippen molar-refractivity contribution in [2.24, 2.45) is 11.0 Å². The van der Waals surface area contributed by atoms with E-state index in [0.717, 1.165) is 22.5 Å². The Kier molecular flexibility index (Phi) is 5.67. The van der Waals surface area contributed by atoms with Gasteiger partial charge in [-0.2, -0.15) is 10.2 Å². The molecule has 2 aromatic rings. The summed E-state index contributed by atoms with van der Waals surface area (Å²) < 4.78 is 24.8. The summed E-state index contributed by atoms with van der Waals surface area (Å²) in [4.78, 5) is 12.1. The van der Waals surface area contributed by atoms with Gasteiger partial charge in [0, 0.05) is 16.3 Å². The van der Waals surface area contributed by atoms with Gasteiger partial charge in [0.15, 0.2) is 9.84 Å². The summed E-state index contributed by atoms with van der Waals surface area (Å²) in [6, 6.07) is 7.59. The molecule has 1 saturated heterocycles. The van der Waals surface area contributed by atoms with Crippen LogP contribution in [0, 0.1) is 19.8 Å². The molecule has 1 aromatic heterocycles. The molecule has 0 radical (unpaired) electrons. The first-order valence-electron chi connectivity index (χ1n) is 8.57. The highest BCUT2D eigenvalue weighted by Gasteiger charge is 2.32. The molecule has 0 unspecified atom stereocenters. The predicted octanol–water partition coefficient (Wildman–Crippen LogP) is 2.09. The Balaban J connectivity index is 1.69. The zero-order chi connectivity index (χ0) is 19.6. The number of hydrogen-bond acceptors (Lipinski definition) is 5. The summed E-state index contributed by atoms with van der Waals surface area (Å²) >= 11 is 6.22. The number of carbonyl (C=O) groups is 1. The van der Waals surface area contributed by atoms with Crippen LogP contribution >= 0.6 is 11.6 Å². The third kappa shape index (κ3) is 4.56. The lowest BCUT2D eigenvalue weighted by Gasteiger charge is -2.07. The van der Waals surface area contributed by atoms with Gasteiger partial charge in [-0.05, 0) is 31.9 Å². The molecule has 1 aliphatic heterocycles. The van der Waals surface area contributed by atoms with Gasteiger partial charge in [0.25, 0.3) is 0 Å². The SMILES string of the molecule is Cc1nn(Cc2ccccc2Cl)c(C)c1/C=N\NC(=O)[C@@H]1CCS(=O)(=O)C1. The first-order chi connectivity index (χ1) is 12.8. The molecule has 144 valence electrons. The average molecular weight is 409 g/mol. The summed E-state index contributed by atoms with van der Waals surface area (Å²) in [6.07, 6.45) is 1.89. The fraction of sp³-hybridized carbons (Fsp3) is 0.389. The van der Waals surface area contributed by atoms with Crippen LogP contribution in [0.3, 0.4) is 0 Å². The molecule has 1 atom stereocenters. The van der Waals surface area contributed by atoms with E-state index >= 15 is 0 Å². The minimum absolute atomic E-state index is 0.0574. The molecule has 0 spiro atoms. The molecule has 2 heterocycles. The van der Waals surface area contributed by atoms with Crippen molar-refractivity contribution in [3.05, 3.63) is 51.8 Å². The highest BCUT2D eigenvalue weighted by molar-refractivity contribution is 7.91. The number of aryl methyl sites for hydroxylation is 1. The van der Waals surface area contributed by atoms with E-state index in [4.69, 9.17) is 11.6 Å². The number of amides is 1. The normalized spacial score (nSPS) is 18.9. The first kappa shape index (κ1) is 19.6. The van der Waals surface area contributed by atoms with Gasteiger partial charge in [-0.1, -0.05) is 29.8 Å². The van der Waals surface area contributed by atoms with Crippen LogP contribution in [0.2, 0.25) is 5.02 Å². The van der Waals surface area contributed by atoms with Gasteiger partial charge in [-0.25, -0.2) is 13.8 Å². The maximum atomic E-state index is 12.1. The van der Waals surface area contributed by atoms with Crippen LogP contribution in [0.5, 0.6) is 0 Å². The standard InChI is InChI=1S/C18H21ClN4O3S/c1-12-16(9-20-21-18(24)15-7-8-27(25,26)11-15)13(2)23(22-12)10-14-5-3-4-6-17(14)19/h3-6,9,15H,7-8,10-11H2,1-2H3,(H,21,24)/b20-9-/t15-/m1/s1. The summed E-state index contributed by atoms with van der Waals surface area (Å²) in [7, 11) is -3.10. The quantitative estimate of drug-likeness (QED) is 0.605. The van der Waals surface area contributed by atoms with E-state index in [9.17, 15) is 13.2 Å². The van der Waals surface area contributed by atoms with Crippen LogP contribution in [-0.2, 0) is 21.2 Å². The van der Waals surface area contributed by atoms with Crippen LogP contribution in [0.4, 0.5) is 0 Å². The number of nitrogens with zero attached hydrogens (tertiary/aromatic N) is 3. The second kappa shape index (κ2) is 7.82. The lowest BCUT2D eigenvalue weighted by molar-refractivity contribution is -0.124. The van der Waals surface area contributed by atoms with Crippen molar-refractivity contribution in [3.8, 4) is 0 Å². The molecule has 27 heavy (non-hydrogen) atoms. The van der Waals surface area contributed by atoms with Gasteiger partial charge in [-0.15, -0.1) is 0 Å². The van der Waals surface area contributed by atoms with Crippen molar-refractivity contribution < 1.29 is 13.2 Å². The van der Waals surface area contributed by atoms with Crippen molar-refractivity contribution in [3.63, 3.8) is 0 Å². The van der Waals surface area contributed by atoms with Crippen molar-refractivity contribution in [1.82, 2.24) is 15.2 Å². The summed E-state index contributed by atoms with van der Waals surface area (Å²) in [6.45, 7) is 4.32. The monoisotopic (exact) mass is 408 g/mol. The molecule has 3 rings (SSSR count). The van der Waals surface area contributed by atoms with E-state index in [1.165, 1.54) is 0 Å². The molecule has 1 amide bonds. The number of rotatable bonds is 5. The molecular weight excluding hydrogens is 388 g/mol. The molecule has 0 saturated carbocycles. The molecule has 9 heteroatoms. The molecule has 1 fully saturated rings. The number of halogens is 1. The van der Waals surface area contributed by atoms with E-state index in [2.05, 4.69) is 15.6 Å². The van der Waals surface area contributed by atoms with Gasteiger partial charge >= 0.3 is 0 Å². The Morgan fingerprint density at radius 1 is 1.41 bits per heavy atom. The number of benzene rings is 1. The third-order valence-electron chi connectivity index (χ3n) is 4.69. The minimum atomic E-state index is -3.10. The Morgan fingerprint density at radius 3 is 2.81 bits per heavy atom. The van der Waals surface area contributed by atoms with E-state index < -0.39 is 15.8 Å². The van der Waals surface area contributed by atoms with Crippen LogP contribution < -0.4 is 5.43 Å². The number of hydrazone groups is 1. The molecule has 7 nitrogen and oxygen atoms in total. The molecule has 1 N–H and O–H groups in total. The largest absolute Gasteiger partial charge is 0.273 e. The second-order valence-electron chi connectivity index (χ2n) is 6.67. The summed E-state index contributed by atoms with van der Waals surface area (Å²) in [5.41, 5.74) is 5.89. The average Bonchev–Trinajstić information content (AvgIpc) is 3.10. The second-order valence-corrected chi connectivity index (χ2v) is 9.30.